The third-order valence-corrected chi connectivity index (χ3v) is 7.44. The fraction of sp³-hybridized carbons (Fsp3) is 0.538. The molecule has 1 nitrogen and oxygen atoms in total. The summed E-state index contributed by atoms with van der Waals surface area (Å²) in [6.07, 6.45) is 11.4. The summed E-state index contributed by atoms with van der Waals surface area (Å²) in [6, 6.07) is 12.1. The maximum absolute atomic E-state index is 13.5. The second-order valence-corrected chi connectivity index (χ2v) is 9.58. The van der Waals surface area contributed by atoms with Gasteiger partial charge in [-0.05, 0) is 110 Å². The molecule has 2 aliphatic carbocycles. The number of hydrogen-bond donors (Lipinski definition) is 1. The van der Waals surface area contributed by atoms with Crippen LogP contribution < -0.4 is 11.2 Å². The SMILES string of the molecule is [B]c1cc(F)cc(CCC[C@@H]2CCc3cc([C@H]4CC[C@](N)(CC)C4)ccc3C2)c1. The van der Waals surface area contributed by atoms with E-state index in [1.54, 1.807) is 11.6 Å². The number of fused-ring (bicyclic) bond motifs is 1. The number of hydrogen-bond acceptors (Lipinski definition) is 1. The Morgan fingerprint density at radius 3 is 2.76 bits per heavy atom. The lowest BCUT2D eigenvalue weighted by molar-refractivity contribution is 0.413. The minimum absolute atomic E-state index is 0.0536. The van der Waals surface area contributed by atoms with Crippen LogP contribution in [0.25, 0.3) is 0 Å². The number of benzene rings is 2. The van der Waals surface area contributed by atoms with E-state index in [0.717, 1.165) is 43.6 Å². The van der Waals surface area contributed by atoms with Crippen LogP contribution in [0, 0.1) is 11.7 Å². The standard InChI is InChI=1S/C26H33BFN/c1-2-26(29)11-10-23(17-26)22-9-8-20-12-18(6-7-21(20)15-22)4-3-5-19-13-24(27)16-25(28)14-19/h8-9,13-16,18,23H,2-7,10-12,17,29H2,1H3/t18-,23+,26-/m1/s1. The van der Waals surface area contributed by atoms with Gasteiger partial charge in [0.1, 0.15) is 13.7 Å². The van der Waals surface area contributed by atoms with E-state index in [-0.39, 0.29) is 11.4 Å². The quantitative estimate of drug-likeness (QED) is 0.682. The normalized spacial score (nSPS) is 26.4. The molecule has 0 amide bonds. The van der Waals surface area contributed by atoms with Crippen LogP contribution in [0.15, 0.2) is 36.4 Å². The van der Waals surface area contributed by atoms with Crippen LogP contribution in [0.4, 0.5) is 4.39 Å². The Balaban J connectivity index is 1.32. The van der Waals surface area contributed by atoms with Crippen LogP contribution in [0.1, 0.15) is 80.0 Å². The number of nitrogens with two attached hydrogens (primary N) is 1. The topological polar surface area (TPSA) is 26.0 Å². The first-order valence-electron chi connectivity index (χ1n) is 11.4. The monoisotopic (exact) mass is 389 g/mol. The minimum atomic E-state index is -0.226. The van der Waals surface area contributed by atoms with Gasteiger partial charge in [-0.3, -0.25) is 0 Å². The molecule has 3 heteroatoms. The Bertz CT molecular complexity index is 844. The van der Waals surface area contributed by atoms with Crippen LogP contribution in [0.3, 0.4) is 0 Å². The van der Waals surface area contributed by atoms with E-state index < -0.39 is 0 Å². The van der Waals surface area contributed by atoms with Crippen LogP contribution >= 0.6 is 0 Å². The molecule has 0 saturated heterocycles. The molecular formula is C26H33BFN. The van der Waals surface area contributed by atoms with Crippen LogP contribution in [0.2, 0.25) is 0 Å². The second kappa shape index (κ2) is 8.64. The van der Waals surface area contributed by atoms with Crippen molar-refractivity contribution in [3.63, 3.8) is 0 Å². The van der Waals surface area contributed by atoms with Crippen molar-refractivity contribution in [1.29, 1.82) is 0 Å². The molecule has 2 aliphatic rings. The average molecular weight is 389 g/mol. The summed E-state index contributed by atoms with van der Waals surface area (Å²) in [6.45, 7) is 2.22. The molecule has 2 aromatic carbocycles. The van der Waals surface area contributed by atoms with Crippen molar-refractivity contribution in [1.82, 2.24) is 0 Å². The fourth-order valence-corrected chi connectivity index (χ4v) is 5.53. The predicted octanol–water partition coefficient (Wildman–Crippen LogP) is 5.12. The smallest absolute Gasteiger partial charge is 0.122 e. The summed E-state index contributed by atoms with van der Waals surface area (Å²) in [5, 5.41) is 0. The van der Waals surface area contributed by atoms with Crippen molar-refractivity contribution in [2.75, 3.05) is 0 Å². The zero-order valence-electron chi connectivity index (χ0n) is 17.7. The molecule has 2 N–H and O–H groups in total. The molecule has 152 valence electrons. The average Bonchev–Trinajstić information content (AvgIpc) is 3.10. The van der Waals surface area contributed by atoms with Crippen molar-refractivity contribution in [3.8, 4) is 0 Å². The Labute approximate surface area is 176 Å². The fourth-order valence-electron chi connectivity index (χ4n) is 5.53. The van der Waals surface area contributed by atoms with Gasteiger partial charge in [0.2, 0.25) is 0 Å². The van der Waals surface area contributed by atoms with Crippen LogP contribution in [-0.2, 0) is 19.3 Å². The van der Waals surface area contributed by atoms with E-state index in [0.29, 0.717) is 11.4 Å². The van der Waals surface area contributed by atoms with E-state index in [2.05, 4.69) is 25.1 Å². The number of rotatable bonds is 6. The van der Waals surface area contributed by atoms with Crippen molar-refractivity contribution in [2.24, 2.45) is 11.7 Å². The Morgan fingerprint density at radius 1 is 1.14 bits per heavy atom. The molecule has 0 bridgehead atoms. The first-order chi connectivity index (χ1) is 13.9. The largest absolute Gasteiger partial charge is 0.325 e. The molecule has 1 fully saturated rings. The van der Waals surface area contributed by atoms with Gasteiger partial charge in [0.25, 0.3) is 0 Å². The zero-order valence-corrected chi connectivity index (χ0v) is 17.7. The molecule has 2 radical (unpaired) electrons. The van der Waals surface area contributed by atoms with Crippen molar-refractivity contribution >= 4 is 13.3 Å². The van der Waals surface area contributed by atoms with Gasteiger partial charge < -0.3 is 5.73 Å². The summed E-state index contributed by atoms with van der Waals surface area (Å²) >= 11 is 0. The molecule has 0 heterocycles. The molecule has 0 aliphatic heterocycles. The van der Waals surface area contributed by atoms with E-state index in [9.17, 15) is 4.39 Å². The first-order valence-corrected chi connectivity index (χ1v) is 11.4. The summed E-state index contributed by atoms with van der Waals surface area (Å²) in [5.41, 5.74) is 12.7. The third-order valence-electron chi connectivity index (χ3n) is 7.44. The van der Waals surface area contributed by atoms with Gasteiger partial charge in [-0.2, -0.15) is 0 Å². The van der Waals surface area contributed by atoms with Gasteiger partial charge in [-0.15, -0.1) is 0 Å². The molecular weight excluding hydrogens is 356 g/mol. The second-order valence-electron chi connectivity index (χ2n) is 9.58. The van der Waals surface area contributed by atoms with Gasteiger partial charge in [-0.25, -0.2) is 4.39 Å². The van der Waals surface area contributed by atoms with Crippen LogP contribution in [0.5, 0.6) is 0 Å². The predicted molar refractivity (Wildman–Crippen MR) is 120 cm³/mol. The van der Waals surface area contributed by atoms with Crippen molar-refractivity contribution in [3.05, 3.63) is 64.5 Å². The van der Waals surface area contributed by atoms with Gasteiger partial charge in [-0.1, -0.05) is 36.7 Å². The number of halogens is 1. The molecule has 0 aromatic heterocycles. The van der Waals surface area contributed by atoms with Gasteiger partial charge in [0, 0.05) is 5.54 Å². The van der Waals surface area contributed by atoms with E-state index >= 15 is 0 Å². The summed E-state index contributed by atoms with van der Waals surface area (Å²) < 4.78 is 13.5. The third kappa shape index (κ3) is 4.94. The summed E-state index contributed by atoms with van der Waals surface area (Å²) in [4.78, 5) is 0. The van der Waals surface area contributed by atoms with Crippen molar-refractivity contribution < 1.29 is 4.39 Å². The van der Waals surface area contributed by atoms with Gasteiger partial charge >= 0.3 is 0 Å². The lowest BCUT2D eigenvalue weighted by Crippen LogP contribution is -2.35. The molecule has 0 spiro atoms. The summed E-state index contributed by atoms with van der Waals surface area (Å²) in [7, 11) is 5.76. The molecule has 29 heavy (non-hydrogen) atoms. The lowest BCUT2D eigenvalue weighted by atomic mass is 9.79. The molecule has 3 atom stereocenters. The van der Waals surface area contributed by atoms with E-state index in [1.165, 1.54) is 49.3 Å². The Morgan fingerprint density at radius 2 is 2.00 bits per heavy atom. The van der Waals surface area contributed by atoms with Gasteiger partial charge in [0.05, 0.1) is 0 Å². The van der Waals surface area contributed by atoms with Crippen molar-refractivity contribution in [2.45, 2.75) is 82.6 Å². The maximum Gasteiger partial charge on any atom is 0.122 e. The highest BCUT2D eigenvalue weighted by Gasteiger charge is 2.35. The van der Waals surface area contributed by atoms with E-state index in [4.69, 9.17) is 13.6 Å². The van der Waals surface area contributed by atoms with Gasteiger partial charge in [0.15, 0.2) is 0 Å². The summed E-state index contributed by atoms with van der Waals surface area (Å²) in [5.74, 6) is 1.15. The Hall–Kier alpha value is -1.61. The Kier molecular flexibility index (Phi) is 6.15. The first kappa shape index (κ1) is 20.7. The van der Waals surface area contributed by atoms with Crippen LogP contribution in [-0.4, -0.2) is 13.4 Å². The molecule has 4 rings (SSSR count). The molecule has 0 unspecified atom stereocenters. The maximum atomic E-state index is 13.5. The van der Waals surface area contributed by atoms with E-state index in [1.807, 2.05) is 6.07 Å². The lowest BCUT2D eigenvalue weighted by Gasteiger charge is -2.26. The highest BCUT2D eigenvalue weighted by atomic mass is 19.1. The highest BCUT2D eigenvalue weighted by molar-refractivity contribution is 6.32. The number of aryl methyl sites for hydroxylation is 2. The molecule has 1 saturated carbocycles. The zero-order chi connectivity index (χ0) is 20.4. The minimum Gasteiger partial charge on any atom is -0.325 e. The highest BCUT2D eigenvalue weighted by Crippen LogP contribution is 2.42. The molecule has 2 aromatic rings.